The van der Waals surface area contributed by atoms with Gasteiger partial charge in [-0.2, -0.15) is 0 Å². The average Bonchev–Trinajstić information content (AvgIpc) is 3.16. The summed E-state index contributed by atoms with van der Waals surface area (Å²) in [5.41, 5.74) is 0.786. The summed E-state index contributed by atoms with van der Waals surface area (Å²) in [7, 11) is 0. The predicted octanol–water partition coefficient (Wildman–Crippen LogP) is 4.21. The Morgan fingerprint density at radius 3 is 2.68 bits per heavy atom. The number of rotatable bonds is 5. The Hall–Kier alpha value is -1.76. The molecule has 1 aliphatic rings. The molecule has 1 atom stereocenters. The third-order valence-corrected chi connectivity index (χ3v) is 4.73. The zero-order chi connectivity index (χ0) is 18.2. The molecule has 1 N–H and O–H groups in total. The summed E-state index contributed by atoms with van der Waals surface area (Å²) in [4.78, 5) is 12.6. The van der Waals surface area contributed by atoms with Crippen molar-refractivity contribution < 1.29 is 9.18 Å². The zero-order valence-electron chi connectivity index (χ0n) is 14.6. The van der Waals surface area contributed by atoms with Gasteiger partial charge in [0.15, 0.2) is 5.69 Å². The third kappa shape index (κ3) is 4.66. The van der Waals surface area contributed by atoms with Crippen LogP contribution in [0.2, 0.25) is 0 Å². The molecule has 0 bridgehead atoms. The van der Waals surface area contributed by atoms with Crippen LogP contribution >= 0.6 is 15.9 Å². The second-order valence-electron chi connectivity index (χ2n) is 7.63. The molecule has 5 nitrogen and oxygen atoms in total. The smallest absolute Gasteiger partial charge is 0.273 e. The van der Waals surface area contributed by atoms with Crippen LogP contribution in [0.4, 0.5) is 4.39 Å². The van der Waals surface area contributed by atoms with Crippen LogP contribution in [-0.4, -0.2) is 20.9 Å². The SMILES string of the molecule is CC(C)(C)n1cc(C(=O)NC(CC2CC2)c2cc(F)cc(Br)c2)nn1. The second kappa shape index (κ2) is 6.86. The molecule has 134 valence electrons. The molecule has 3 rings (SSSR count). The van der Waals surface area contributed by atoms with Crippen molar-refractivity contribution in [3.63, 3.8) is 0 Å². The highest BCUT2D eigenvalue weighted by molar-refractivity contribution is 9.10. The Labute approximate surface area is 155 Å². The number of halogens is 2. The summed E-state index contributed by atoms with van der Waals surface area (Å²) in [5.74, 6) is -0.0303. The van der Waals surface area contributed by atoms with Crippen molar-refractivity contribution in [2.24, 2.45) is 5.92 Å². The van der Waals surface area contributed by atoms with Gasteiger partial charge in [-0.1, -0.05) is 34.0 Å². The number of nitrogens with one attached hydrogen (secondary N) is 1. The van der Waals surface area contributed by atoms with Gasteiger partial charge in [0.05, 0.1) is 17.8 Å². The summed E-state index contributed by atoms with van der Waals surface area (Å²) >= 11 is 3.32. The summed E-state index contributed by atoms with van der Waals surface area (Å²) in [5, 5.41) is 11.0. The van der Waals surface area contributed by atoms with Crippen molar-refractivity contribution in [3.8, 4) is 0 Å². The number of aromatic nitrogens is 3. The van der Waals surface area contributed by atoms with Crippen LogP contribution in [0, 0.1) is 11.7 Å². The number of hydrogen-bond donors (Lipinski definition) is 1. The molecule has 1 aliphatic carbocycles. The van der Waals surface area contributed by atoms with E-state index in [1.54, 1.807) is 10.9 Å². The Kier molecular flexibility index (Phi) is 4.95. The maximum Gasteiger partial charge on any atom is 0.273 e. The van der Waals surface area contributed by atoms with Gasteiger partial charge < -0.3 is 5.32 Å². The normalized spacial score (nSPS) is 15.9. The molecule has 1 aromatic carbocycles. The van der Waals surface area contributed by atoms with Crippen LogP contribution in [0.15, 0.2) is 28.9 Å². The fourth-order valence-electron chi connectivity index (χ4n) is 2.67. The average molecular weight is 409 g/mol. The highest BCUT2D eigenvalue weighted by Gasteiger charge is 2.29. The molecule has 0 spiro atoms. The summed E-state index contributed by atoms with van der Waals surface area (Å²) in [6.45, 7) is 5.97. The standard InChI is InChI=1S/C18H22BrFN4O/c1-18(2,3)24-10-16(22-23-24)17(25)21-15(6-11-4-5-11)12-7-13(19)9-14(20)8-12/h7-11,15H,4-6H2,1-3H3,(H,21,25). The first-order valence-corrected chi connectivity index (χ1v) is 9.21. The van der Waals surface area contributed by atoms with Gasteiger partial charge in [-0.3, -0.25) is 4.79 Å². The van der Waals surface area contributed by atoms with E-state index in [2.05, 4.69) is 31.6 Å². The van der Waals surface area contributed by atoms with E-state index >= 15 is 0 Å². The van der Waals surface area contributed by atoms with Gasteiger partial charge in [0.1, 0.15) is 5.82 Å². The van der Waals surface area contributed by atoms with Gasteiger partial charge in [-0.25, -0.2) is 9.07 Å². The Balaban J connectivity index is 1.80. The summed E-state index contributed by atoms with van der Waals surface area (Å²) in [6, 6.07) is 4.49. The highest BCUT2D eigenvalue weighted by atomic mass is 79.9. The number of hydrogen-bond acceptors (Lipinski definition) is 3. The Morgan fingerprint density at radius 1 is 1.40 bits per heavy atom. The lowest BCUT2D eigenvalue weighted by Gasteiger charge is -2.19. The molecule has 1 saturated carbocycles. The molecule has 2 aromatic rings. The van der Waals surface area contributed by atoms with Crippen LogP contribution in [0.1, 0.15) is 62.1 Å². The van der Waals surface area contributed by atoms with E-state index < -0.39 is 0 Å². The van der Waals surface area contributed by atoms with Gasteiger partial charge in [0.2, 0.25) is 0 Å². The van der Waals surface area contributed by atoms with E-state index in [4.69, 9.17) is 0 Å². The lowest BCUT2D eigenvalue weighted by atomic mass is 10.0. The van der Waals surface area contributed by atoms with Crippen LogP contribution in [-0.2, 0) is 5.54 Å². The third-order valence-electron chi connectivity index (χ3n) is 4.27. The first-order chi connectivity index (χ1) is 11.7. The van der Waals surface area contributed by atoms with Crippen molar-refractivity contribution in [2.75, 3.05) is 0 Å². The van der Waals surface area contributed by atoms with Gasteiger partial charge in [-0.05, 0) is 56.9 Å². The molecule has 0 aliphatic heterocycles. The van der Waals surface area contributed by atoms with Gasteiger partial charge >= 0.3 is 0 Å². The molecule has 0 saturated heterocycles. The fraction of sp³-hybridized carbons (Fsp3) is 0.500. The molecule has 0 radical (unpaired) electrons. The van der Waals surface area contributed by atoms with E-state index in [1.807, 2.05) is 26.8 Å². The Bertz CT molecular complexity index is 759. The predicted molar refractivity (Wildman–Crippen MR) is 96.7 cm³/mol. The van der Waals surface area contributed by atoms with E-state index in [0.29, 0.717) is 10.4 Å². The highest BCUT2D eigenvalue weighted by Crippen LogP contribution is 2.38. The molecule has 1 heterocycles. The van der Waals surface area contributed by atoms with Crippen molar-refractivity contribution >= 4 is 21.8 Å². The van der Waals surface area contributed by atoms with Crippen LogP contribution in [0.3, 0.4) is 0 Å². The van der Waals surface area contributed by atoms with E-state index in [1.165, 1.54) is 12.1 Å². The van der Waals surface area contributed by atoms with E-state index in [-0.39, 0.29) is 29.0 Å². The molecule has 1 unspecified atom stereocenters. The molecule has 1 aromatic heterocycles. The summed E-state index contributed by atoms with van der Waals surface area (Å²) in [6.07, 6.45) is 4.76. The maximum atomic E-state index is 13.8. The number of carbonyl (C=O) groups is 1. The Morgan fingerprint density at radius 2 is 2.12 bits per heavy atom. The lowest BCUT2D eigenvalue weighted by Crippen LogP contribution is -2.29. The number of amides is 1. The van der Waals surface area contributed by atoms with Crippen molar-refractivity contribution in [1.82, 2.24) is 20.3 Å². The number of nitrogens with zero attached hydrogens (tertiary/aromatic N) is 3. The minimum atomic E-state index is -0.321. The van der Waals surface area contributed by atoms with Crippen LogP contribution < -0.4 is 5.32 Å². The van der Waals surface area contributed by atoms with Crippen molar-refractivity contribution in [3.05, 3.63) is 45.9 Å². The quantitative estimate of drug-likeness (QED) is 0.805. The zero-order valence-corrected chi connectivity index (χ0v) is 16.2. The van der Waals surface area contributed by atoms with E-state index in [0.717, 1.165) is 24.8 Å². The first-order valence-electron chi connectivity index (χ1n) is 8.42. The molecule has 1 fully saturated rings. The number of carbonyl (C=O) groups excluding carboxylic acids is 1. The fourth-order valence-corrected chi connectivity index (χ4v) is 3.15. The van der Waals surface area contributed by atoms with Gasteiger partial charge in [0.25, 0.3) is 5.91 Å². The topological polar surface area (TPSA) is 59.8 Å². The largest absolute Gasteiger partial charge is 0.344 e. The minimum absolute atomic E-state index is 0.244. The molecule has 7 heteroatoms. The number of benzene rings is 1. The van der Waals surface area contributed by atoms with Crippen molar-refractivity contribution in [1.29, 1.82) is 0 Å². The maximum absolute atomic E-state index is 13.8. The van der Waals surface area contributed by atoms with Gasteiger partial charge in [-0.15, -0.1) is 5.10 Å². The van der Waals surface area contributed by atoms with E-state index in [9.17, 15) is 9.18 Å². The molecular formula is C18H22BrFN4O. The molecular weight excluding hydrogens is 387 g/mol. The molecule has 25 heavy (non-hydrogen) atoms. The molecule has 1 amide bonds. The summed E-state index contributed by atoms with van der Waals surface area (Å²) < 4.78 is 16.1. The minimum Gasteiger partial charge on any atom is -0.344 e. The second-order valence-corrected chi connectivity index (χ2v) is 8.54. The van der Waals surface area contributed by atoms with Gasteiger partial charge in [0, 0.05) is 4.47 Å². The van der Waals surface area contributed by atoms with Crippen LogP contribution in [0.5, 0.6) is 0 Å². The first kappa shape index (κ1) is 18.0. The van der Waals surface area contributed by atoms with Crippen molar-refractivity contribution in [2.45, 2.75) is 51.6 Å². The van der Waals surface area contributed by atoms with Crippen LogP contribution in [0.25, 0.3) is 0 Å². The lowest BCUT2D eigenvalue weighted by molar-refractivity contribution is 0.0928. The monoisotopic (exact) mass is 408 g/mol.